The van der Waals surface area contributed by atoms with Crippen molar-refractivity contribution in [2.45, 2.75) is 12.5 Å². The molecule has 0 radical (unpaired) electrons. The van der Waals surface area contributed by atoms with Gasteiger partial charge in [0.2, 0.25) is 0 Å². The van der Waals surface area contributed by atoms with Crippen LogP contribution in [0.4, 0.5) is 0 Å². The van der Waals surface area contributed by atoms with E-state index in [1.165, 1.54) is 7.11 Å². The van der Waals surface area contributed by atoms with Crippen molar-refractivity contribution in [2.24, 2.45) is 0 Å². The maximum absolute atomic E-state index is 11.4. The molecule has 0 bridgehead atoms. The largest absolute Gasteiger partial charge is 0.497 e. The highest BCUT2D eigenvalue weighted by atomic mass is 16.5. The molecule has 0 amide bonds. The summed E-state index contributed by atoms with van der Waals surface area (Å²) in [4.78, 5) is 13.5. The lowest BCUT2D eigenvalue weighted by molar-refractivity contribution is -0.152. The van der Waals surface area contributed by atoms with Gasteiger partial charge >= 0.3 is 5.97 Å². The minimum atomic E-state index is -0.160. The van der Waals surface area contributed by atoms with Crippen LogP contribution in [-0.2, 0) is 9.53 Å². The van der Waals surface area contributed by atoms with Gasteiger partial charge < -0.3 is 14.2 Å². The molecule has 0 aromatic heterocycles. The quantitative estimate of drug-likeness (QED) is 0.726. The van der Waals surface area contributed by atoms with Crippen molar-refractivity contribution >= 4 is 5.97 Å². The molecule has 5 nitrogen and oxygen atoms in total. The third kappa shape index (κ3) is 3.38. The van der Waals surface area contributed by atoms with Crippen molar-refractivity contribution in [2.75, 3.05) is 33.9 Å². The maximum Gasteiger partial charge on any atom is 0.323 e. The van der Waals surface area contributed by atoms with Gasteiger partial charge in [-0.1, -0.05) is 6.07 Å². The van der Waals surface area contributed by atoms with Gasteiger partial charge in [0.25, 0.3) is 0 Å². The first-order valence-electron chi connectivity index (χ1n) is 6.33. The highest BCUT2D eigenvalue weighted by Crippen LogP contribution is 2.20. The Morgan fingerprint density at radius 1 is 1.37 bits per heavy atom. The molecule has 1 fully saturated rings. The van der Waals surface area contributed by atoms with E-state index in [-0.39, 0.29) is 12.0 Å². The second-order valence-corrected chi connectivity index (χ2v) is 4.39. The lowest BCUT2D eigenvalue weighted by Gasteiger charge is -2.38. The van der Waals surface area contributed by atoms with Crippen molar-refractivity contribution in [3.8, 4) is 11.5 Å². The molecule has 0 spiro atoms. The summed E-state index contributed by atoms with van der Waals surface area (Å²) >= 11 is 0. The number of hydrogen-bond acceptors (Lipinski definition) is 5. The number of ether oxygens (including phenoxy) is 3. The third-order valence-corrected chi connectivity index (χ3v) is 3.29. The minimum absolute atomic E-state index is 0.0982. The van der Waals surface area contributed by atoms with Gasteiger partial charge in [0.1, 0.15) is 24.1 Å². The van der Waals surface area contributed by atoms with Gasteiger partial charge in [-0.2, -0.15) is 0 Å². The zero-order valence-electron chi connectivity index (χ0n) is 11.3. The fourth-order valence-corrected chi connectivity index (χ4v) is 2.08. The van der Waals surface area contributed by atoms with Crippen LogP contribution in [0.3, 0.4) is 0 Å². The van der Waals surface area contributed by atoms with Crippen LogP contribution in [0.1, 0.15) is 6.42 Å². The molecule has 2 rings (SSSR count). The Bertz CT molecular complexity index is 435. The van der Waals surface area contributed by atoms with E-state index in [1.54, 1.807) is 7.11 Å². The van der Waals surface area contributed by atoms with Gasteiger partial charge in [0.05, 0.1) is 14.2 Å². The minimum Gasteiger partial charge on any atom is -0.497 e. The molecule has 0 aliphatic carbocycles. The van der Waals surface area contributed by atoms with E-state index in [9.17, 15) is 4.79 Å². The summed E-state index contributed by atoms with van der Waals surface area (Å²) < 4.78 is 15.5. The highest BCUT2D eigenvalue weighted by molar-refractivity contribution is 5.76. The summed E-state index contributed by atoms with van der Waals surface area (Å²) in [6.45, 7) is 2.18. The molecule has 1 unspecified atom stereocenters. The molecule has 1 aromatic rings. The van der Waals surface area contributed by atoms with E-state index in [4.69, 9.17) is 14.2 Å². The number of likely N-dealkylation sites (tertiary alicyclic amines) is 1. The summed E-state index contributed by atoms with van der Waals surface area (Å²) in [5.74, 6) is 1.39. The van der Waals surface area contributed by atoms with E-state index in [0.717, 1.165) is 31.0 Å². The van der Waals surface area contributed by atoms with E-state index in [1.807, 2.05) is 24.3 Å². The topological polar surface area (TPSA) is 48.0 Å². The number of hydrogen-bond donors (Lipinski definition) is 0. The zero-order valence-corrected chi connectivity index (χ0v) is 11.3. The predicted octanol–water partition coefficient (Wildman–Crippen LogP) is 1.32. The third-order valence-electron chi connectivity index (χ3n) is 3.29. The average Bonchev–Trinajstić information content (AvgIpc) is 2.42. The fourth-order valence-electron chi connectivity index (χ4n) is 2.08. The van der Waals surface area contributed by atoms with Crippen LogP contribution in [0.25, 0.3) is 0 Å². The van der Waals surface area contributed by atoms with E-state index in [0.29, 0.717) is 6.61 Å². The monoisotopic (exact) mass is 265 g/mol. The van der Waals surface area contributed by atoms with Crippen LogP contribution in [0, 0.1) is 0 Å². The van der Waals surface area contributed by atoms with Crippen LogP contribution in [0.2, 0.25) is 0 Å². The first kappa shape index (κ1) is 13.7. The smallest absolute Gasteiger partial charge is 0.323 e. The first-order valence-corrected chi connectivity index (χ1v) is 6.33. The molecule has 19 heavy (non-hydrogen) atoms. The molecule has 1 aromatic carbocycles. The predicted molar refractivity (Wildman–Crippen MR) is 70.5 cm³/mol. The SMILES string of the molecule is COC(=O)C1CCN1CCOc1cccc(OC)c1. The number of benzene rings is 1. The Labute approximate surface area is 113 Å². The molecular weight excluding hydrogens is 246 g/mol. The standard InChI is InChI=1S/C14H19NO4/c1-17-11-4-3-5-12(10-11)19-9-8-15-7-6-13(15)14(16)18-2/h3-5,10,13H,6-9H2,1-2H3. The summed E-state index contributed by atoms with van der Waals surface area (Å²) in [6.07, 6.45) is 0.867. The van der Waals surface area contributed by atoms with Gasteiger partial charge in [-0.15, -0.1) is 0 Å². The van der Waals surface area contributed by atoms with Crippen LogP contribution >= 0.6 is 0 Å². The number of carbonyl (C=O) groups is 1. The molecule has 1 saturated heterocycles. The van der Waals surface area contributed by atoms with Crippen LogP contribution in [0.5, 0.6) is 11.5 Å². The number of rotatable bonds is 6. The lowest BCUT2D eigenvalue weighted by atomic mass is 10.0. The molecule has 1 aliphatic rings. The van der Waals surface area contributed by atoms with E-state index >= 15 is 0 Å². The van der Waals surface area contributed by atoms with Crippen molar-refractivity contribution < 1.29 is 19.0 Å². The Kier molecular flexibility index (Phi) is 4.63. The number of methoxy groups -OCH3 is 2. The zero-order chi connectivity index (χ0) is 13.7. The molecule has 1 atom stereocenters. The van der Waals surface area contributed by atoms with Crippen molar-refractivity contribution in [3.05, 3.63) is 24.3 Å². The molecule has 0 N–H and O–H groups in total. The highest BCUT2D eigenvalue weighted by Gasteiger charge is 2.34. The lowest BCUT2D eigenvalue weighted by Crippen LogP contribution is -2.53. The second-order valence-electron chi connectivity index (χ2n) is 4.39. The normalized spacial score (nSPS) is 18.5. The summed E-state index contributed by atoms with van der Waals surface area (Å²) in [5.41, 5.74) is 0. The van der Waals surface area contributed by atoms with Crippen molar-refractivity contribution in [1.29, 1.82) is 0 Å². The van der Waals surface area contributed by atoms with Crippen molar-refractivity contribution in [3.63, 3.8) is 0 Å². The maximum atomic E-state index is 11.4. The first-order chi connectivity index (χ1) is 9.24. The molecule has 0 saturated carbocycles. The van der Waals surface area contributed by atoms with Crippen LogP contribution < -0.4 is 9.47 Å². The van der Waals surface area contributed by atoms with Crippen LogP contribution in [0.15, 0.2) is 24.3 Å². The van der Waals surface area contributed by atoms with E-state index in [2.05, 4.69) is 4.90 Å². The summed E-state index contributed by atoms with van der Waals surface area (Å²) in [5, 5.41) is 0. The number of nitrogens with zero attached hydrogens (tertiary/aromatic N) is 1. The molecule has 1 heterocycles. The van der Waals surface area contributed by atoms with Gasteiger partial charge in [-0.05, 0) is 18.6 Å². The number of carbonyl (C=O) groups excluding carboxylic acids is 1. The molecular formula is C14H19NO4. The summed E-state index contributed by atoms with van der Waals surface area (Å²) in [6, 6.07) is 7.38. The fraction of sp³-hybridized carbons (Fsp3) is 0.500. The average molecular weight is 265 g/mol. The Morgan fingerprint density at radius 3 is 2.79 bits per heavy atom. The Hall–Kier alpha value is -1.75. The summed E-state index contributed by atoms with van der Waals surface area (Å²) in [7, 11) is 3.05. The molecule has 104 valence electrons. The molecule has 5 heteroatoms. The molecule has 1 aliphatic heterocycles. The number of esters is 1. The second kappa shape index (κ2) is 6.43. The Balaban J connectivity index is 1.76. The van der Waals surface area contributed by atoms with E-state index < -0.39 is 0 Å². The van der Waals surface area contributed by atoms with Gasteiger partial charge in [0, 0.05) is 19.2 Å². The van der Waals surface area contributed by atoms with Crippen molar-refractivity contribution in [1.82, 2.24) is 4.90 Å². The Morgan fingerprint density at radius 2 is 2.16 bits per heavy atom. The van der Waals surface area contributed by atoms with Gasteiger partial charge in [-0.25, -0.2) is 0 Å². The van der Waals surface area contributed by atoms with Crippen LogP contribution in [-0.4, -0.2) is 50.8 Å². The van der Waals surface area contributed by atoms with Gasteiger partial charge in [-0.3, -0.25) is 9.69 Å². The van der Waals surface area contributed by atoms with Gasteiger partial charge in [0.15, 0.2) is 0 Å².